The normalized spacial score (nSPS) is 22.1. The summed E-state index contributed by atoms with van der Waals surface area (Å²) in [7, 11) is 1.67. The molecule has 1 amide bonds. The number of hydrogen-bond acceptors (Lipinski definition) is 6. The first-order chi connectivity index (χ1) is 15.5. The largest absolute Gasteiger partial charge is 0.415 e. The lowest BCUT2D eigenvalue weighted by Gasteiger charge is -2.20. The first kappa shape index (κ1) is 20.4. The van der Waals surface area contributed by atoms with Crippen molar-refractivity contribution in [1.29, 1.82) is 0 Å². The molecule has 3 aromatic rings. The third-order valence-corrected chi connectivity index (χ3v) is 6.49. The van der Waals surface area contributed by atoms with E-state index in [1.807, 2.05) is 18.3 Å². The molecule has 5 rings (SSSR count). The molecule has 9 heteroatoms. The third kappa shape index (κ3) is 4.28. The summed E-state index contributed by atoms with van der Waals surface area (Å²) in [4.78, 5) is 22.9. The minimum atomic E-state index is -0.495. The molecule has 0 spiro atoms. The lowest BCUT2D eigenvalue weighted by molar-refractivity contribution is 0.192. The fraction of sp³-hybridized carbons (Fsp3) is 0.391. The number of benzene rings is 1. The van der Waals surface area contributed by atoms with Crippen LogP contribution in [0.4, 0.5) is 15.0 Å². The second kappa shape index (κ2) is 8.57. The van der Waals surface area contributed by atoms with Gasteiger partial charge in [0.15, 0.2) is 0 Å². The van der Waals surface area contributed by atoms with Gasteiger partial charge in [-0.15, -0.1) is 0 Å². The molecule has 166 valence electrons. The number of carbonyl (C=O) groups is 1. The number of nitrogens with one attached hydrogen (secondary N) is 1. The number of halogens is 1. The molecule has 1 N–H and O–H groups in total. The summed E-state index contributed by atoms with van der Waals surface area (Å²) < 4.78 is 19.7. The number of anilines is 1. The Hall–Kier alpha value is -3.49. The molecule has 8 nitrogen and oxygen atoms in total. The molecular formula is C23H25FN6O2. The van der Waals surface area contributed by atoms with E-state index in [1.54, 1.807) is 19.2 Å². The molecule has 2 fully saturated rings. The van der Waals surface area contributed by atoms with E-state index in [2.05, 4.69) is 25.3 Å². The molecule has 3 heterocycles. The predicted octanol–water partition coefficient (Wildman–Crippen LogP) is 3.27. The molecule has 3 atom stereocenters. The van der Waals surface area contributed by atoms with Crippen molar-refractivity contribution in [3.05, 3.63) is 54.7 Å². The maximum atomic E-state index is 13.1. The first-order valence-corrected chi connectivity index (χ1v) is 10.8. The quantitative estimate of drug-likeness (QED) is 0.661. The van der Waals surface area contributed by atoms with E-state index in [-0.39, 0.29) is 11.8 Å². The zero-order chi connectivity index (χ0) is 22.1. The highest BCUT2D eigenvalue weighted by atomic mass is 19.1. The van der Waals surface area contributed by atoms with Gasteiger partial charge in [0.05, 0.1) is 0 Å². The van der Waals surface area contributed by atoms with Crippen molar-refractivity contribution in [3.63, 3.8) is 0 Å². The van der Waals surface area contributed by atoms with Crippen LogP contribution in [-0.4, -0.2) is 45.5 Å². The number of ether oxygens (including phenoxy) is 1. The van der Waals surface area contributed by atoms with Crippen molar-refractivity contribution in [2.75, 3.05) is 24.5 Å². The number of carbonyl (C=O) groups excluding carboxylic acids is 1. The number of hydrogen-bond donors (Lipinski definition) is 1. The van der Waals surface area contributed by atoms with Gasteiger partial charge >= 0.3 is 12.1 Å². The summed E-state index contributed by atoms with van der Waals surface area (Å²) in [6.07, 6.45) is 4.87. The molecule has 0 radical (unpaired) electrons. The van der Waals surface area contributed by atoms with E-state index >= 15 is 0 Å². The van der Waals surface area contributed by atoms with Gasteiger partial charge in [-0.05, 0) is 60.4 Å². The standard InChI is InChI=1S/C23H25FN6O2/c1-29-22(27-14-28-29)32-23(31)26-10-15-8-18-12-30(13-19(18)9-15)21-7-4-17(11-25-21)16-2-5-20(24)6-3-16/h2-7,11,14-15,18-19H,8-10,12-13H2,1H3,(H,26,31)/t15?,18-,19+. The number of nitrogens with zero attached hydrogens (tertiary/aromatic N) is 5. The number of rotatable bonds is 5. The SMILES string of the molecule is Cn1ncnc1OC(=O)NCC1C[C@@H]2CN(c3ccc(-c4ccc(F)cc4)cn3)C[C@@H]2C1. The predicted molar refractivity (Wildman–Crippen MR) is 117 cm³/mol. The van der Waals surface area contributed by atoms with Crippen LogP contribution in [0.2, 0.25) is 0 Å². The molecule has 1 saturated heterocycles. The number of aryl methyl sites for hydroxylation is 1. The summed E-state index contributed by atoms with van der Waals surface area (Å²) in [5, 5.41) is 6.73. The molecule has 32 heavy (non-hydrogen) atoms. The molecular weight excluding hydrogens is 411 g/mol. The van der Waals surface area contributed by atoms with E-state index in [0.717, 1.165) is 42.9 Å². The van der Waals surface area contributed by atoms with Crippen molar-refractivity contribution in [2.45, 2.75) is 12.8 Å². The fourth-order valence-electron chi connectivity index (χ4n) is 4.89. The van der Waals surface area contributed by atoms with Crippen molar-refractivity contribution in [1.82, 2.24) is 25.1 Å². The first-order valence-electron chi connectivity index (χ1n) is 10.8. The topological polar surface area (TPSA) is 85.2 Å². The highest BCUT2D eigenvalue weighted by molar-refractivity contribution is 5.69. The van der Waals surface area contributed by atoms with Crippen LogP contribution in [0.15, 0.2) is 48.9 Å². The number of fused-ring (bicyclic) bond motifs is 1. The van der Waals surface area contributed by atoms with Crippen LogP contribution in [0.5, 0.6) is 6.01 Å². The van der Waals surface area contributed by atoms with E-state index < -0.39 is 6.09 Å². The Kier molecular flexibility index (Phi) is 5.46. The van der Waals surface area contributed by atoms with Crippen LogP contribution in [-0.2, 0) is 7.05 Å². The van der Waals surface area contributed by atoms with Crippen molar-refractivity contribution in [2.24, 2.45) is 24.8 Å². The maximum absolute atomic E-state index is 13.1. The molecule has 2 aliphatic rings. The smallest absolute Gasteiger partial charge is 0.374 e. The number of pyridine rings is 1. The van der Waals surface area contributed by atoms with Gasteiger partial charge in [0.25, 0.3) is 0 Å². The Labute approximate surface area is 185 Å². The molecule has 2 aromatic heterocycles. The Morgan fingerprint density at radius 1 is 1.09 bits per heavy atom. The van der Waals surface area contributed by atoms with Crippen molar-refractivity contribution in [3.8, 4) is 17.1 Å². The number of aromatic nitrogens is 4. The van der Waals surface area contributed by atoms with Gasteiger partial charge in [-0.2, -0.15) is 10.1 Å². The second-order valence-corrected chi connectivity index (χ2v) is 8.61. The summed E-state index contributed by atoms with van der Waals surface area (Å²) in [6, 6.07) is 10.7. The van der Waals surface area contributed by atoms with Gasteiger partial charge in [0.2, 0.25) is 0 Å². The van der Waals surface area contributed by atoms with Crippen LogP contribution in [0, 0.1) is 23.6 Å². The summed E-state index contributed by atoms with van der Waals surface area (Å²) >= 11 is 0. The van der Waals surface area contributed by atoms with E-state index in [0.29, 0.717) is 24.3 Å². The lowest BCUT2D eigenvalue weighted by atomic mass is 10.0. The molecule has 1 aliphatic heterocycles. The van der Waals surface area contributed by atoms with Crippen LogP contribution in [0.25, 0.3) is 11.1 Å². The average Bonchev–Trinajstić information content (AvgIpc) is 3.48. The third-order valence-electron chi connectivity index (χ3n) is 6.49. The van der Waals surface area contributed by atoms with Gasteiger partial charge in [0.1, 0.15) is 18.0 Å². The Morgan fingerprint density at radius 2 is 1.81 bits per heavy atom. The lowest BCUT2D eigenvalue weighted by Crippen LogP contribution is -2.32. The molecule has 1 unspecified atom stereocenters. The highest BCUT2D eigenvalue weighted by Gasteiger charge is 2.41. The molecule has 0 bridgehead atoms. The molecule has 1 aliphatic carbocycles. The maximum Gasteiger partial charge on any atom is 0.415 e. The molecule has 1 aromatic carbocycles. The highest BCUT2D eigenvalue weighted by Crippen LogP contribution is 2.42. The van der Waals surface area contributed by atoms with E-state index in [4.69, 9.17) is 4.74 Å². The van der Waals surface area contributed by atoms with Gasteiger partial charge in [-0.3, -0.25) is 0 Å². The van der Waals surface area contributed by atoms with Crippen LogP contribution in [0.1, 0.15) is 12.8 Å². The summed E-state index contributed by atoms with van der Waals surface area (Å²) in [6.45, 7) is 2.56. The Balaban J connectivity index is 1.11. The van der Waals surface area contributed by atoms with Gasteiger partial charge in [-0.25, -0.2) is 18.9 Å². The monoisotopic (exact) mass is 436 g/mol. The van der Waals surface area contributed by atoms with Gasteiger partial charge in [0, 0.05) is 38.4 Å². The van der Waals surface area contributed by atoms with E-state index in [1.165, 1.54) is 23.1 Å². The average molecular weight is 436 g/mol. The molecule has 1 saturated carbocycles. The minimum absolute atomic E-state index is 0.180. The van der Waals surface area contributed by atoms with Crippen LogP contribution < -0.4 is 15.0 Å². The zero-order valence-corrected chi connectivity index (χ0v) is 17.8. The fourth-order valence-corrected chi connectivity index (χ4v) is 4.89. The Bertz CT molecular complexity index is 1070. The van der Waals surface area contributed by atoms with Crippen LogP contribution in [0.3, 0.4) is 0 Å². The minimum Gasteiger partial charge on any atom is -0.374 e. The van der Waals surface area contributed by atoms with Crippen molar-refractivity contribution >= 4 is 11.9 Å². The van der Waals surface area contributed by atoms with Crippen molar-refractivity contribution < 1.29 is 13.9 Å². The number of amides is 1. The van der Waals surface area contributed by atoms with Gasteiger partial charge < -0.3 is 15.0 Å². The summed E-state index contributed by atoms with van der Waals surface area (Å²) in [5.74, 6) is 2.41. The zero-order valence-electron chi connectivity index (χ0n) is 17.8. The Morgan fingerprint density at radius 3 is 2.44 bits per heavy atom. The second-order valence-electron chi connectivity index (χ2n) is 8.61. The van der Waals surface area contributed by atoms with Gasteiger partial charge in [-0.1, -0.05) is 12.1 Å². The van der Waals surface area contributed by atoms with Crippen LogP contribution >= 0.6 is 0 Å². The summed E-state index contributed by atoms with van der Waals surface area (Å²) in [5.41, 5.74) is 1.93. The van der Waals surface area contributed by atoms with E-state index in [9.17, 15) is 9.18 Å².